The summed E-state index contributed by atoms with van der Waals surface area (Å²) in [7, 11) is 0. The molecule has 0 radical (unpaired) electrons. The lowest BCUT2D eigenvalue weighted by molar-refractivity contribution is -0.384. The van der Waals surface area contributed by atoms with Gasteiger partial charge in [0.25, 0.3) is 0 Å². The fourth-order valence-corrected chi connectivity index (χ4v) is 3.12. The Labute approximate surface area is 155 Å². The van der Waals surface area contributed by atoms with Crippen molar-refractivity contribution in [1.29, 1.82) is 0 Å². The first-order valence-corrected chi connectivity index (χ1v) is 8.57. The number of hydrogen-bond donors (Lipinski definition) is 0. The highest BCUT2D eigenvalue weighted by Gasteiger charge is 2.28. The molecule has 0 saturated carbocycles. The lowest BCUT2D eigenvalue weighted by atomic mass is 10.2. The van der Waals surface area contributed by atoms with Crippen LogP contribution in [0.15, 0.2) is 48.5 Å². The standard InChI is InChI=1S/C18H18ClN3O4/c19-15-7-4-8-16(17(15)22(24)25)20-9-11-21(12-10-20)18(23)26-13-14-5-2-1-3-6-14/h1-8H,9-13H2. The number of amides is 1. The number of ether oxygens (including phenoxy) is 1. The highest BCUT2D eigenvalue weighted by Crippen LogP contribution is 2.35. The third kappa shape index (κ3) is 4.05. The van der Waals surface area contributed by atoms with E-state index < -0.39 is 4.92 Å². The van der Waals surface area contributed by atoms with Crippen molar-refractivity contribution in [2.24, 2.45) is 0 Å². The number of hydrogen-bond acceptors (Lipinski definition) is 5. The average molecular weight is 376 g/mol. The predicted molar refractivity (Wildman–Crippen MR) is 98.5 cm³/mol. The number of benzene rings is 2. The fraction of sp³-hybridized carbons (Fsp3) is 0.278. The van der Waals surface area contributed by atoms with Crippen molar-refractivity contribution in [2.75, 3.05) is 31.1 Å². The number of piperazine rings is 1. The highest BCUT2D eigenvalue weighted by molar-refractivity contribution is 6.33. The van der Waals surface area contributed by atoms with Crippen molar-refractivity contribution in [3.63, 3.8) is 0 Å². The van der Waals surface area contributed by atoms with E-state index in [2.05, 4.69) is 0 Å². The van der Waals surface area contributed by atoms with E-state index in [9.17, 15) is 14.9 Å². The van der Waals surface area contributed by atoms with Crippen molar-refractivity contribution in [2.45, 2.75) is 6.61 Å². The molecule has 136 valence electrons. The Morgan fingerprint density at radius 1 is 1.08 bits per heavy atom. The van der Waals surface area contributed by atoms with Crippen molar-refractivity contribution in [1.82, 2.24) is 4.90 Å². The van der Waals surface area contributed by atoms with Crippen molar-refractivity contribution in [3.8, 4) is 0 Å². The first kappa shape index (κ1) is 18.0. The van der Waals surface area contributed by atoms with Gasteiger partial charge >= 0.3 is 11.8 Å². The van der Waals surface area contributed by atoms with Gasteiger partial charge in [0.05, 0.1) is 4.92 Å². The molecule has 0 atom stereocenters. The Balaban J connectivity index is 1.58. The second-order valence-corrected chi connectivity index (χ2v) is 6.29. The Kier molecular flexibility index (Phi) is 5.58. The third-order valence-corrected chi connectivity index (χ3v) is 4.54. The summed E-state index contributed by atoms with van der Waals surface area (Å²) >= 11 is 5.97. The van der Waals surface area contributed by atoms with Crippen LogP contribution in [0.5, 0.6) is 0 Å². The normalized spacial score (nSPS) is 14.2. The molecule has 1 saturated heterocycles. The Hall–Kier alpha value is -2.80. The molecule has 1 fully saturated rings. The molecular weight excluding hydrogens is 358 g/mol. The minimum absolute atomic E-state index is 0.103. The molecule has 1 aliphatic heterocycles. The van der Waals surface area contributed by atoms with Gasteiger partial charge in [-0.1, -0.05) is 48.0 Å². The molecule has 3 rings (SSSR count). The van der Waals surface area contributed by atoms with Crippen LogP contribution in [-0.2, 0) is 11.3 Å². The number of anilines is 1. The molecule has 1 amide bonds. The minimum atomic E-state index is -0.474. The van der Waals surface area contributed by atoms with Crippen LogP contribution in [0.25, 0.3) is 0 Å². The molecule has 0 bridgehead atoms. The molecule has 1 aliphatic rings. The predicted octanol–water partition coefficient (Wildman–Crippen LogP) is 3.71. The van der Waals surface area contributed by atoms with Crippen LogP contribution >= 0.6 is 11.6 Å². The van der Waals surface area contributed by atoms with Crippen LogP contribution in [0, 0.1) is 10.1 Å². The summed E-state index contributed by atoms with van der Waals surface area (Å²) in [6.45, 7) is 2.03. The maximum atomic E-state index is 12.2. The number of para-hydroxylation sites is 1. The zero-order chi connectivity index (χ0) is 18.5. The van der Waals surface area contributed by atoms with E-state index in [-0.39, 0.29) is 23.4 Å². The summed E-state index contributed by atoms with van der Waals surface area (Å²) in [6, 6.07) is 14.3. The first-order chi connectivity index (χ1) is 12.6. The summed E-state index contributed by atoms with van der Waals surface area (Å²) < 4.78 is 5.33. The van der Waals surface area contributed by atoms with Gasteiger partial charge in [-0.05, 0) is 17.7 Å². The van der Waals surface area contributed by atoms with E-state index >= 15 is 0 Å². The second-order valence-electron chi connectivity index (χ2n) is 5.88. The quantitative estimate of drug-likeness (QED) is 0.601. The molecule has 0 aromatic heterocycles. The number of rotatable bonds is 4. The van der Waals surface area contributed by atoms with Crippen LogP contribution in [0.1, 0.15) is 5.56 Å². The smallest absolute Gasteiger partial charge is 0.410 e. The van der Waals surface area contributed by atoms with Gasteiger partial charge in [0.2, 0.25) is 0 Å². The summed E-state index contributed by atoms with van der Waals surface area (Å²) in [5.41, 5.74) is 1.29. The zero-order valence-corrected chi connectivity index (χ0v) is 14.8. The molecule has 0 N–H and O–H groups in total. The number of carbonyl (C=O) groups excluding carboxylic acids is 1. The molecule has 7 nitrogen and oxygen atoms in total. The maximum Gasteiger partial charge on any atom is 0.410 e. The van der Waals surface area contributed by atoms with Gasteiger partial charge in [-0.3, -0.25) is 10.1 Å². The lowest BCUT2D eigenvalue weighted by Gasteiger charge is -2.35. The zero-order valence-electron chi connectivity index (χ0n) is 14.0. The lowest BCUT2D eigenvalue weighted by Crippen LogP contribution is -2.49. The largest absolute Gasteiger partial charge is 0.445 e. The van der Waals surface area contributed by atoms with Crippen molar-refractivity contribution < 1.29 is 14.5 Å². The molecule has 8 heteroatoms. The van der Waals surface area contributed by atoms with Crippen molar-refractivity contribution >= 4 is 29.1 Å². The van der Waals surface area contributed by atoms with Crippen LogP contribution in [0.4, 0.5) is 16.2 Å². The number of carbonyl (C=O) groups is 1. The molecule has 2 aromatic rings. The van der Waals surface area contributed by atoms with Crippen LogP contribution in [0.3, 0.4) is 0 Å². The van der Waals surface area contributed by atoms with E-state index in [0.29, 0.717) is 31.9 Å². The molecule has 26 heavy (non-hydrogen) atoms. The molecule has 0 unspecified atom stereocenters. The minimum Gasteiger partial charge on any atom is -0.445 e. The van der Waals surface area contributed by atoms with Crippen LogP contribution < -0.4 is 4.90 Å². The van der Waals surface area contributed by atoms with Gasteiger partial charge < -0.3 is 14.5 Å². The topological polar surface area (TPSA) is 75.9 Å². The first-order valence-electron chi connectivity index (χ1n) is 8.20. The van der Waals surface area contributed by atoms with Gasteiger partial charge in [0.1, 0.15) is 17.3 Å². The Bertz CT molecular complexity index is 792. The van der Waals surface area contributed by atoms with Gasteiger partial charge in [-0.2, -0.15) is 0 Å². The van der Waals surface area contributed by atoms with Crippen LogP contribution in [-0.4, -0.2) is 42.1 Å². The molecular formula is C18H18ClN3O4. The van der Waals surface area contributed by atoms with Gasteiger partial charge in [-0.25, -0.2) is 4.79 Å². The fourth-order valence-electron chi connectivity index (χ4n) is 2.88. The van der Waals surface area contributed by atoms with E-state index in [0.717, 1.165) is 5.56 Å². The Morgan fingerprint density at radius 3 is 2.42 bits per heavy atom. The van der Waals surface area contributed by atoms with Gasteiger partial charge in [0, 0.05) is 26.2 Å². The average Bonchev–Trinajstić information content (AvgIpc) is 2.66. The van der Waals surface area contributed by atoms with Crippen LogP contribution in [0.2, 0.25) is 5.02 Å². The number of nitro groups is 1. The molecule has 2 aromatic carbocycles. The second kappa shape index (κ2) is 8.05. The Morgan fingerprint density at radius 2 is 1.77 bits per heavy atom. The molecule has 0 aliphatic carbocycles. The summed E-state index contributed by atoms with van der Waals surface area (Å²) in [5.74, 6) is 0. The summed E-state index contributed by atoms with van der Waals surface area (Å²) in [4.78, 5) is 26.5. The van der Waals surface area contributed by atoms with E-state index in [1.165, 1.54) is 6.07 Å². The highest BCUT2D eigenvalue weighted by atomic mass is 35.5. The third-order valence-electron chi connectivity index (χ3n) is 4.23. The van der Waals surface area contributed by atoms with Gasteiger partial charge in [-0.15, -0.1) is 0 Å². The van der Waals surface area contributed by atoms with E-state index in [1.807, 2.05) is 35.2 Å². The number of nitrogens with zero attached hydrogens (tertiary/aromatic N) is 3. The van der Waals surface area contributed by atoms with E-state index in [1.54, 1.807) is 17.0 Å². The molecule has 0 spiro atoms. The van der Waals surface area contributed by atoms with Crippen molar-refractivity contribution in [3.05, 3.63) is 69.2 Å². The SMILES string of the molecule is O=C(OCc1ccccc1)N1CCN(c2cccc(Cl)c2[N+](=O)[O-])CC1. The summed E-state index contributed by atoms with van der Waals surface area (Å²) in [5, 5.41) is 11.4. The monoisotopic (exact) mass is 375 g/mol. The maximum absolute atomic E-state index is 12.2. The number of nitro benzene ring substituents is 1. The molecule has 1 heterocycles. The summed E-state index contributed by atoms with van der Waals surface area (Å²) in [6.07, 6.45) is -0.380. The van der Waals surface area contributed by atoms with E-state index in [4.69, 9.17) is 16.3 Å². The number of halogens is 1. The van der Waals surface area contributed by atoms with Gasteiger partial charge in [0.15, 0.2) is 0 Å².